The minimum absolute atomic E-state index is 0.0110. The van der Waals surface area contributed by atoms with Gasteiger partial charge in [0, 0.05) is 46.5 Å². The van der Waals surface area contributed by atoms with E-state index in [-0.39, 0.29) is 30.0 Å². The summed E-state index contributed by atoms with van der Waals surface area (Å²) in [5, 5.41) is 23.0. The van der Waals surface area contributed by atoms with Crippen LogP contribution in [-0.2, 0) is 20.6 Å². The van der Waals surface area contributed by atoms with Crippen LogP contribution in [0.4, 0.5) is 17.2 Å². The van der Waals surface area contributed by atoms with Crippen LogP contribution >= 0.6 is 30.6 Å². The van der Waals surface area contributed by atoms with Crippen LogP contribution in [0, 0.1) is 17.0 Å². The summed E-state index contributed by atoms with van der Waals surface area (Å²) in [6.07, 6.45) is 0. The average Bonchev–Trinajstić information content (AvgIpc) is 3.36. The highest BCUT2D eigenvalue weighted by atomic mass is 35.5. The number of carbonyl (C=O) groups is 2. The zero-order valence-corrected chi connectivity index (χ0v) is 26.9. The van der Waals surface area contributed by atoms with E-state index in [1.165, 1.54) is 28.9 Å². The number of non-ortho nitro benzene ring substituents is 1. The lowest BCUT2D eigenvalue weighted by Gasteiger charge is -2.35. The van der Waals surface area contributed by atoms with Gasteiger partial charge in [-0.3, -0.25) is 19.5 Å². The molecule has 3 aromatic carbocycles. The van der Waals surface area contributed by atoms with Gasteiger partial charge in [0.1, 0.15) is 17.7 Å². The number of esters is 1. The molecule has 240 valence electrons. The first-order chi connectivity index (χ1) is 22.0. The third kappa shape index (κ3) is 7.57. The van der Waals surface area contributed by atoms with Gasteiger partial charge in [-0.15, -0.1) is 0 Å². The number of ether oxygens (including phenoxy) is 2. The summed E-state index contributed by atoms with van der Waals surface area (Å²) in [6.45, 7) is 2.77. The highest BCUT2D eigenvalue weighted by Gasteiger charge is 2.40. The second kappa shape index (κ2) is 14.4. The number of hydrogen-bond acceptors (Lipinski definition) is 8. The van der Waals surface area contributed by atoms with E-state index < -0.39 is 24.2 Å². The molecule has 4 aromatic rings. The Balaban J connectivity index is 1.52. The van der Waals surface area contributed by atoms with E-state index in [2.05, 4.69) is 15.5 Å². The number of halogens is 2. The summed E-state index contributed by atoms with van der Waals surface area (Å²) in [5.41, 5.74) is 1.18. The highest BCUT2D eigenvalue weighted by Crippen LogP contribution is 2.51. The van der Waals surface area contributed by atoms with Gasteiger partial charge in [-0.05, 0) is 67.6 Å². The number of nitrogens with zero attached hydrogens (tertiary/aromatic N) is 4. The number of morpholine rings is 1. The number of nitrogens with one attached hydrogen (secondary N) is 2. The van der Waals surface area contributed by atoms with Gasteiger partial charge in [0.15, 0.2) is 0 Å². The van der Waals surface area contributed by atoms with E-state index in [0.29, 0.717) is 58.9 Å². The SMILES string of the molecule is Cc1nn(CCOC(=O)c2ccc(Cl)cc2)c(NC(=O)c2ccc(Cl)cc2)c1P(=O)(Nc1ccc([N+](=O)[O-])cc1)N1CCOCC1. The van der Waals surface area contributed by atoms with Crippen molar-refractivity contribution >= 4 is 65.0 Å². The smallest absolute Gasteiger partial charge is 0.338 e. The molecule has 0 radical (unpaired) electrons. The predicted molar refractivity (Wildman–Crippen MR) is 174 cm³/mol. The minimum atomic E-state index is -3.83. The third-order valence-electron chi connectivity index (χ3n) is 7.10. The molecule has 1 unspecified atom stereocenters. The van der Waals surface area contributed by atoms with Gasteiger partial charge in [-0.2, -0.15) is 5.10 Å². The zero-order valence-electron chi connectivity index (χ0n) is 24.5. The largest absolute Gasteiger partial charge is 0.460 e. The first-order valence-electron chi connectivity index (χ1n) is 14.1. The summed E-state index contributed by atoms with van der Waals surface area (Å²) >= 11 is 11.9. The van der Waals surface area contributed by atoms with Crippen molar-refractivity contribution in [2.45, 2.75) is 13.5 Å². The summed E-state index contributed by atoms with van der Waals surface area (Å²) in [5.74, 6) is -0.961. The van der Waals surface area contributed by atoms with Crippen LogP contribution in [0.15, 0.2) is 72.8 Å². The van der Waals surface area contributed by atoms with Crippen molar-refractivity contribution in [3.05, 3.63) is 110 Å². The Hall–Kier alpha value is -4.26. The fraction of sp³-hybridized carbons (Fsp3) is 0.233. The summed E-state index contributed by atoms with van der Waals surface area (Å²) in [6, 6.07) is 18.0. The van der Waals surface area contributed by atoms with Gasteiger partial charge in [-0.25, -0.2) is 14.1 Å². The molecule has 13 nitrogen and oxygen atoms in total. The van der Waals surface area contributed by atoms with Crippen LogP contribution in [0.25, 0.3) is 0 Å². The van der Waals surface area contributed by atoms with Crippen LogP contribution in [0.3, 0.4) is 0 Å². The van der Waals surface area contributed by atoms with Crippen molar-refractivity contribution < 1.29 is 28.6 Å². The molecular weight excluding hydrogens is 658 g/mol. The molecule has 5 rings (SSSR count). The number of aryl methyl sites for hydroxylation is 1. The second-order valence-electron chi connectivity index (χ2n) is 10.2. The highest BCUT2D eigenvalue weighted by molar-refractivity contribution is 7.71. The topological polar surface area (TPSA) is 158 Å². The Morgan fingerprint density at radius 2 is 1.57 bits per heavy atom. The second-order valence-corrected chi connectivity index (χ2v) is 13.4. The zero-order chi connectivity index (χ0) is 32.8. The summed E-state index contributed by atoms with van der Waals surface area (Å²) in [7, 11) is -3.83. The van der Waals surface area contributed by atoms with Crippen LogP contribution < -0.4 is 15.7 Å². The number of aromatic nitrogens is 2. The van der Waals surface area contributed by atoms with E-state index in [1.54, 1.807) is 60.1 Å². The minimum Gasteiger partial charge on any atom is -0.460 e. The number of hydrogen-bond donors (Lipinski definition) is 2. The van der Waals surface area contributed by atoms with Crippen molar-refractivity contribution in [3.8, 4) is 0 Å². The maximum Gasteiger partial charge on any atom is 0.338 e. The molecule has 1 atom stereocenters. The van der Waals surface area contributed by atoms with E-state index in [0.717, 1.165) is 0 Å². The molecule has 1 amide bonds. The fourth-order valence-corrected chi connectivity index (χ4v) is 7.79. The molecule has 0 bridgehead atoms. The number of nitro benzene ring substituents is 1. The molecule has 0 spiro atoms. The van der Waals surface area contributed by atoms with Crippen LogP contribution in [0.1, 0.15) is 26.4 Å². The van der Waals surface area contributed by atoms with Gasteiger partial charge in [0.05, 0.1) is 35.9 Å². The molecule has 1 aromatic heterocycles. The summed E-state index contributed by atoms with van der Waals surface area (Å²) in [4.78, 5) is 36.8. The molecule has 0 aliphatic carbocycles. The molecule has 2 N–H and O–H groups in total. The van der Waals surface area contributed by atoms with Crippen molar-refractivity contribution in [3.63, 3.8) is 0 Å². The van der Waals surface area contributed by atoms with Gasteiger partial charge in [0.2, 0.25) is 0 Å². The van der Waals surface area contributed by atoms with Crippen molar-refractivity contribution in [2.75, 3.05) is 43.3 Å². The molecule has 0 saturated carbocycles. The lowest BCUT2D eigenvalue weighted by Crippen LogP contribution is -2.40. The van der Waals surface area contributed by atoms with Crippen molar-refractivity contribution in [2.24, 2.45) is 0 Å². The Morgan fingerprint density at radius 3 is 2.15 bits per heavy atom. The van der Waals surface area contributed by atoms with Gasteiger partial charge < -0.3 is 19.9 Å². The number of amides is 1. The monoisotopic (exact) mass is 686 g/mol. The first-order valence-corrected chi connectivity index (χ1v) is 16.5. The maximum atomic E-state index is 15.3. The number of benzene rings is 3. The van der Waals surface area contributed by atoms with Crippen molar-refractivity contribution in [1.82, 2.24) is 14.5 Å². The van der Waals surface area contributed by atoms with Crippen LogP contribution in [-0.4, -0.2) is 64.2 Å². The maximum absolute atomic E-state index is 15.3. The molecule has 1 aliphatic heterocycles. The van der Waals surface area contributed by atoms with Crippen molar-refractivity contribution in [1.29, 1.82) is 0 Å². The van der Waals surface area contributed by atoms with E-state index in [4.69, 9.17) is 32.7 Å². The average molecular weight is 687 g/mol. The predicted octanol–water partition coefficient (Wildman–Crippen LogP) is 5.78. The molecule has 2 heterocycles. The molecule has 46 heavy (non-hydrogen) atoms. The number of carbonyl (C=O) groups excluding carboxylic acids is 2. The van der Waals surface area contributed by atoms with Gasteiger partial charge in [0.25, 0.3) is 19.0 Å². The Kier molecular flexibility index (Phi) is 10.4. The molecule has 1 fully saturated rings. The Labute approximate surface area is 274 Å². The molecule has 1 saturated heterocycles. The van der Waals surface area contributed by atoms with Crippen LogP contribution in [0.5, 0.6) is 0 Å². The van der Waals surface area contributed by atoms with Crippen LogP contribution in [0.2, 0.25) is 10.0 Å². The molecule has 1 aliphatic rings. The van der Waals surface area contributed by atoms with Gasteiger partial charge >= 0.3 is 5.97 Å². The Bertz CT molecular complexity index is 1780. The van der Waals surface area contributed by atoms with E-state index in [1.807, 2.05) is 0 Å². The Morgan fingerprint density at radius 1 is 0.978 bits per heavy atom. The standard InChI is InChI=1S/C30H29Cl2N6O7P/c1-20-27(46(43,36-14-17-44-18-15-36)35-25-10-12-26(13-11-25)38(41)42)28(33-29(39)21-2-6-23(31)7-3-21)37(34-20)16-19-45-30(40)22-4-8-24(32)9-5-22/h2-13H,14-19H2,1H3,(H,33,39)(H,35,43). The number of nitro groups is 1. The fourth-order valence-electron chi connectivity index (χ4n) is 4.83. The van der Waals surface area contributed by atoms with E-state index in [9.17, 15) is 19.7 Å². The first kappa shape index (κ1) is 33.1. The molecule has 16 heteroatoms. The number of rotatable bonds is 11. The lowest BCUT2D eigenvalue weighted by atomic mass is 10.2. The van der Waals surface area contributed by atoms with E-state index >= 15 is 4.57 Å². The number of anilines is 2. The summed E-state index contributed by atoms with van der Waals surface area (Å²) < 4.78 is 29.4. The normalized spacial score (nSPS) is 14.7. The molecular formula is C30H29Cl2N6O7P. The van der Waals surface area contributed by atoms with Gasteiger partial charge in [-0.1, -0.05) is 23.2 Å². The lowest BCUT2D eigenvalue weighted by molar-refractivity contribution is -0.384. The third-order valence-corrected chi connectivity index (χ3v) is 10.5. The quantitative estimate of drug-likeness (QED) is 0.0858.